The van der Waals surface area contributed by atoms with Gasteiger partial charge in [0.2, 0.25) is 0 Å². The minimum Gasteiger partial charge on any atom is -0.353 e. The monoisotopic (exact) mass is 224 g/mol. The highest BCUT2D eigenvalue weighted by Gasteiger charge is 2.21. The molecule has 88 valence electrons. The smallest absolute Gasteiger partial charge is 0.187 e. The number of rotatable bonds is 2. The standard InChI is InChI=1S/C11H17FN4/c1-2-9-10(12)11(15-7-14-9)16-5-3-4-8(13)6-16/h7-8H,2-6,13H2,1H3. The second kappa shape index (κ2) is 4.74. The Morgan fingerprint density at radius 1 is 1.56 bits per heavy atom. The van der Waals surface area contributed by atoms with Crippen molar-refractivity contribution < 1.29 is 4.39 Å². The van der Waals surface area contributed by atoms with Crippen LogP contribution in [-0.2, 0) is 6.42 Å². The minimum absolute atomic E-state index is 0.119. The molecular formula is C11H17FN4. The van der Waals surface area contributed by atoms with E-state index < -0.39 is 0 Å². The summed E-state index contributed by atoms with van der Waals surface area (Å²) in [5, 5.41) is 0. The quantitative estimate of drug-likeness (QED) is 0.817. The lowest BCUT2D eigenvalue weighted by molar-refractivity contribution is 0.490. The molecule has 0 aliphatic carbocycles. The maximum atomic E-state index is 14.0. The maximum absolute atomic E-state index is 14.0. The molecule has 0 amide bonds. The van der Waals surface area contributed by atoms with Crippen LogP contribution >= 0.6 is 0 Å². The van der Waals surface area contributed by atoms with Crippen LogP contribution in [-0.4, -0.2) is 29.1 Å². The fourth-order valence-electron chi connectivity index (χ4n) is 2.06. The molecule has 1 saturated heterocycles. The molecule has 2 rings (SSSR count). The van der Waals surface area contributed by atoms with Crippen LogP contribution in [0.3, 0.4) is 0 Å². The van der Waals surface area contributed by atoms with Gasteiger partial charge in [-0.1, -0.05) is 6.92 Å². The van der Waals surface area contributed by atoms with Gasteiger partial charge in [0.1, 0.15) is 6.33 Å². The van der Waals surface area contributed by atoms with Crippen LogP contribution in [0.5, 0.6) is 0 Å². The van der Waals surface area contributed by atoms with Gasteiger partial charge < -0.3 is 10.6 Å². The van der Waals surface area contributed by atoms with Crippen molar-refractivity contribution in [1.82, 2.24) is 9.97 Å². The van der Waals surface area contributed by atoms with Gasteiger partial charge in [0, 0.05) is 19.1 Å². The van der Waals surface area contributed by atoms with Crippen LogP contribution in [0, 0.1) is 5.82 Å². The number of anilines is 1. The number of aryl methyl sites for hydroxylation is 1. The largest absolute Gasteiger partial charge is 0.353 e. The Bertz CT molecular complexity index is 369. The van der Waals surface area contributed by atoms with Gasteiger partial charge >= 0.3 is 0 Å². The average molecular weight is 224 g/mol. The summed E-state index contributed by atoms with van der Waals surface area (Å²) in [4.78, 5) is 9.88. The number of hydrogen-bond acceptors (Lipinski definition) is 4. The zero-order chi connectivity index (χ0) is 11.5. The third kappa shape index (κ3) is 2.14. The van der Waals surface area contributed by atoms with E-state index in [2.05, 4.69) is 9.97 Å². The number of nitrogens with two attached hydrogens (primary N) is 1. The molecule has 2 N–H and O–H groups in total. The first-order valence-corrected chi connectivity index (χ1v) is 5.72. The second-order valence-corrected chi connectivity index (χ2v) is 4.16. The van der Waals surface area contributed by atoms with Gasteiger partial charge in [-0.15, -0.1) is 0 Å². The van der Waals surface area contributed by atoms with E-state index in [9.17, 15) is 4.39 Å². The second-order valence-electron chi connectivity index (χ2n) is 4.16. The predicted molar refractivity (Wildman–Crippen MR) is 60.8 cm³/mol. The summed E-state index contributed by atoms with van der Waals surface area (Å²) in [5.74, 6) is 0.112. The van der Waals surface area contributed by atoms with E-state index in [1.165, 1.54) is 6.33 Å². The van der Waals surface area contributed by atoms with E-state index in [1.807, 2.05) is 11.8 Å². The molecule has 0 saturated carbocycles. The summed E-state index contributed by atoms with van der Waals surface area (Å²) in [6.45, 7) is 3.39. The van der Waals surface area contributed by atoms with E-state index in [1.54, 1.807) is 0 Å². The summed E-state index contributed by atoms with van der Waals surface area (Å²) < 4.78 is 14.0. The zero-order valence-corrected chi connectivity index (χ0v) is 9.49. The van der Waals surface area contributed by atoms with Gasteiger partial charge in [0.05, 0.1) is 5.69 Å². The van der Waals surface area contributed by atoms with Crippen molar-refractivity contribution in [3.63, 3.8) is 0 Å². The van der Waals surface area contributed by atoms with Crippen LogP contribution < -0.4 is 10.6 Å². The number of aromatic nitrogens is 2. The van der Waals surface area contributed by atoms with Crippen molar-refractivity contribution in [2.24, 2.45) is 5.73 Å². The molecule has 1 aliphatic rings. The summed E-state index contributed by atoms with van der Waals surface area (Å²) in [7, 11) is 0. The highest BCUT2D eigenvalue weighted by Crippen LogP contribution is 2.21. The molecule has 1 aliphatic heterocycles. The first-order valence-electron chi connectivity index (χ1n) is 5.72. The summed E-state index contributed by atoms with van der Waals surface area (Å²) in [6.07, 6.45) is 4.01. The topological polar surface area (TPSA) is 55.0 Å². The molecule has 1 aromatic rings. The number of nitrogens with zero attached hydrogens (tertiary/aromatic N) is 3. The zero-order valence-electron chi connectivity index (χ0n) is 9.49. The molecule has 2 heterocycles. The fourth-order valence-corrected chi connectivity index (χ4v) is 2.06. The first-order chi connectivity index (χ1) is 7.72. The Morgan fingerprint density at radius 3 is 3.06 bits per heavy atom. The lowest BCUT2D eigenvalue weighted by Gasteiger charge is -2.31. The number of piperidine rings is 1. The Balaban J connectivity index is 2.25. The van der Waals surface area contributed by atoms with Gasteiger partial charge in [-0.05, 0) is 19.3 Å². The SMILES string of the molecule is CCc1ncnc(N2CCCC(N)C2)c1F. The van der Waals surface area contributed by atoms with Crippen molar-refractivity contribution in [2.75, 3.05) is 18.0 Å². The lowest BCUT2D eigenvalue weighted by Crippen LogP contribution is -2.43. The van der Waals surface area contributed by atoms with Crippen molar-refractivity contribution >= 4 is 5.82 Å². The number of halogens is 1. The van der Waals surface area contributed by atoms with Crippen LogP contribution in [0.2, 0.25) is 0 Å². The molecule has 1 atom stereocenters. The maximum Gasteiger partial charge on any atom is 0.187 e. The molecule has 0 bridgehead atoms. The van der Waals surface area contributed by atoms with Crippen LogP contribution in [0.25, 0.3) is 0 Å². The molecule has 16 heavy (non-hydrogen) atoms. The van der Waals surface area contributed by atoms with Gasteiger partial charge in [-0.2, -0.15) is 0 Å². The van der Waals surface area contributed by atoms with Crippen LogP contribution in [0.15, 0.2) is 6.33 Å². The number of hydrogen-bond donors (Lipinski definition) is 1. The fraction of sp³-hybridized carbons (Fsp3) is 0.636. The van der Waals surface area contributed by atoms with Crippen molar-refractivity contribution in [1.29, 1.82) is 0 Å². The van der Waals surface area contributed by atoms with E-state index in [4.69, 9.17) is 5.73 Å². The Kier molecular flexibility index (Phi) is 3.33. The Hall–Kier alpha value is -1.23. The Morgan fingerprint density at radius 2 is 2.38 bits per heavy atom. The van der Waals surface area contributed by atoms with E-state index in [0.717, 1.165) is 19.4 Å². The van der Waals surface area contributed by atoms with Gasteiger partial charge in [0.25, 0.3) is 0 Å². The third-order valence-electron chi connectivity index (χ3n) is 2.94. The lowest BCUT2D eigenvalue weighted by atomic mass is 10.1. The van der Waals surface area contributed by atoms with E-state index in [-0.39, 0.29) is 11.9 Å². The van der Waals surface area contributed by atoms with Gasteiger partial charge in [-0.25, -0.2) is 14.4 Å². The van der Waals surface area contributed by atoms with Crippen molar-refractivity contribution in [2.45, 2.75) is 32.2 Å². The highest BCUT2D eigenvalue weighted by atomic mass is 19.1. The van der Waals surface area contributed by atoms with Crippen LogP contribution in [0.4, 0.5) is 10.2 Å². The molecule has 1 unspecified atom stereocenters. The molecule has 1 fully saturated rings. The first kappa shape index (κ1) is 11.3. The summed E-state index contributed by atoms with van der Waals surface area (Å²) in [5.41, 5.74) is 6.35. The third-order valence-corrected chi connectivity index (χ3v) is 2.94. The molecular weight excluding hydrogens is 207 g/mol. The molecule has 0 spiro atoms. The minimum atomic E-state index is -0.292. The molecule has 1 aromatic heterocycles. The van der Waals surface area contributed by atoms with Crippen molar-refractivity contribution in [3.05, 3.63) is 17.8 Å². The normalized spacial score (nSPS) is 21.2. The van der Waals surface area contributed by atoms with E-state index >= 15 is 0 Å². The van der Waals surface area contributed by atoms with E-state index in [0.29, 0.717) is 24.5 Å². The predicted octanol–water partition coefficient (Wildman–Crippen LogP) is 1.11. The molecule has 0 radical (unpaired) electrons. The summed E-state index contributed by atoms with van der Waals surface area (Å²) in [6, 6.07) is 0.119. The highest BCUT2D eigenvalue weighted by molar-refractivity contribution is 5.41. The molecule has 5 heteroatoms. The Labute approximate surface area is 94.7 Å². The van der Waals surface area contributed by atoms with Gasteiger partial charge in [-0.3, -0.25) is 0 Å². The summed E-state index contributed by atoms with van der Waals surface area (Å²) >= 11 is 0. The van der Waals surface area contributed by atoms with Crippen LogP contribution in [0.1, 0.15) is 25.5 Å². The van der Waals surface area contributed by atoms with Crippen molar-refractivity contribution in [3.8, 4) is 0 Å². The van der Waals surface area contributed by atoms with Gasteiger partial charge in [0.15, 0.2) is 11.6 Å². The molecule has 0 aromatic carbocycles. The average Bonchev–Trinajstić information content (AvgIpc) is 2.29. The molecule has 4 nitrogen and oxygen atoms in total.